The maximum atomic E-state index is 12.3. The predicted octanol–water partition coefficient (Wildman–Crippen LogP) is 15.0. The van der Waals surface area contributed by atoms with Gasteiger partial charge in [0.25, 0.3) is 0 Å². The summed E-state index contributed by atoms with van der Waals surface area (Å²) in [6.07, 6.45) is 3.79. The second kappa shape index (κ2) is 22.4. The van der Waals surface area contributed by atoms with Crippen LogP contribution in [0.1, 0.15) is 83.5 Å². The van der Waals surface area contributed by atoms with Gasteiger partial charge < -0.3 is 40.1 Å². The van der Waals surface area contributed by atoms with Crippen molar-refractivity contribution in [3.63, 3.8) is 0 Å². The molecule has 0 atom stereocenters. The average molecular weight is 1000 g/mol. The molecule has 0 spiro atoms. The third kappa shape index (κ3) is 10.5. The Balaban J connectivity index is 0.000000152. The van der Waals surface area contributed by atoms with Crippen LogP contribution in [0.25, 0.3) is 65.3 Å². The summed E-state index contributed by atoms with van der Waals surface area (Å²) < 4.78 is 9.64. The molecule has 0 radical (unpaired) electrons. The van der Waals surface area contributed by atoms with Gasteiger partial charge in [-0.15, -0.1) is 0 Å². The van der Waals surface area contributed by atoms with E-state index >= 15 is 0 Å². The van der Waals surface area contributed by atoms with Gasteiger partial charge >= 0.3 is 11.9 Å². The van der Waals surface area contributed by atoms with Crippen LogP contribution >= 0.6 is 0 Å². The van der Waals surface area contributed by atoms with Crippen molar-refractivity contribution in [2.45, 2.75) is 58.8 Å². The van der Waals surface area contributed by atoms with E-state index in [2.05, 4.69) is 39.8 Å². The van der Waals surface area contributed by atoms with Crippen molar-refractivity contribution in [3.05, 3.63) is 203 Å². The molecule has 0 bridgehead atoms. The number of aromatic hydroxyl groups is 6. The van der Waals surface area contributed by atoms with Crippen LogP contribution < -0.4 is 0 Å². The summed E-state index contributed by atoms with van der Waals surface area (Å²) in [7, 11) is 2.45. The molecular weight excluding hydrogens is 941 g/mol. The molecular formula is C65H60O10. The zero-order chi connectivity index (χ0) is 53.6. The maximum absolute atomic E-state index is 12.3. The highest BCUT2D eigenvalue weighted by molar-refractivity contribution is 6.16. The minimum absolute atomic E-state index is 0.0434. The molecule has 0 amide bonds. The Morgan fingerprint density at radius 1 is 0.400 bits per heavy atom. The summed E-state index contributed by atoms with van der Waals surface area (Å²) in [6, 6.07) is 52.0. The zero-order valence-electron chi connectivity index (χ0n) is 42.8. The lowest BCUT2D eigenvalue weighted by Crippen LogP contribution is -2.19. The summed E-state index contributed by atoms with van der Waals surface area (Å²) in [6.45, 7) is 8.62. The molecule has 10 heteroatoms. The molecule has 0 aromatic heterocycles. The van der Waals surface area contributed by atoms with Crippen molar-refractivity contribution in [2.24, 2.45) is 0 Å². The van der Waals surface area contributed by atoms with Crippen LogP contribution in [-0.4, -0.2) is 56.8 Å². The van der Waals surface area contributed by atoms with Gasteiger partial charge in [-0.3, -0.25) is 0 Å². The van der Waals surface area contributed by atoms with Crippen LogP contribution in [0.5, 0.6) is 34.5 Å². The monoisotopic (exact) mass is 1000 g/mol. The van der Waals surface area contributed by atoms with E-state index in [1.807, 2.05) is 72.8 Å². The molecule has 10 aromatic rings. The highest BCUT2D eigenvalue weighted by Gasteiger charge is 2.28. The van der Waals surface area contributed by atoms with E-state index < -0.39 is 11.9 Å². The number of hydrogen-bond donors (Lipinski definition) is 6. The summed E-state index contributed by atoms with van der Waals surface area (Å²) in [5.41, 5.74) is 5.93. The summed E-state index contributed by atoms with van der Waals surface area (Å²) in [4.78, 5) is 24.6. The Morgan fingerprint density at radius 3 is 1.07 bits per heavy atom. The number of phenolic OH excluding ortho intramolecular Hbond substituents is 6. The van der Waals surface area contributed by atoms with Gasteiger partial charge in [0, 0.05) is 27.7 Å². The second-order valence-electron chi connectivity index (χ2n) is 18.9. The van der Waals surface area contributed by atoms with Gasteiger partial charge in [0.1, 0.15) is 45.6 Å². The van der Waals surface area contributed by atoms with E-state index in [9.17, 15) is 40.2 Å². The number of aryl methyl sites for hydroxylation is 2. The number of ether oxygens (including phenoxy) is 2. The molecule has 0 saturated carbocycles. The van der Waals surface area contributed by atoms with Crippen LogP contribution in [0.3, 0.4) is 0 Å². The van der Waals surface area contributed by atoms with Gasteiger partial charge in [-0.2, -0.15) is 0 Å². The summed E-state index contributed by atoms with van der Waals surface area (Å²) in [5, 5.41) is 69.5. The molecule has 0 unspecified atom stereocenters. The van der Waals surface area contributed by atoms with Crippen molar-refractivity contribution in [2.75, 3.05) is 14.2 Å². The Morgan fingerprint density at radius 2 is 0.720 bits per heavy atom. The SMILES string of the molecule is CCCc1cc(C(C)(C)c2ccc(O)c(CCC)c2)ccc1O.COC(=O)c1cc2ccccc2c(-c2c(O)c(C(=O)OC)cc3ccccc23)c1O.Oc1ccc2ccccc2c1-c1c(O)ccc2ccccc12. The fraction of sp³-hybridized carbons (Fsp3) is 0.169. The van der Waals surface area contributed by atoms with Crippen LogP contribution in [-0.2, 0) is 27.7 Å². The molecule has 380 valence electrons. The number of rotatable bonds is 10. The van der Waals surface area contributed by atoms with E-state index in [0.29, 0.717) is 44.2 Å². The molecule has 10 aromatic carbocycles. The Kier molecular flexibility index (Phi) is 15.6. The Hall–Kier alpha value is -9.02. The van der Waals surface area contributed by atoms with Crippen LogP contribution in [0.15, 0.2) is 170 Å². The first-order valence-corrected chi connectivity index (χ1v) is 24.9. The number of phenols is 6. The Labute approximate surface area is 436 Å². The van der Waals surface area contributed by atoms with Gasteiger partial charge in [0.05, 0.1) is 14.2 Å². The average Bonchev–Trinajstić information content (AvgIpc) is 3.42. The number of carbonyl (C=O) groups excluding carboxylic acids is 2. The Bertz CT molecular complexity index is 3520. The zero-order valence-corrected chi connectivity index (χ0v) is 42.8. The summed E-state index contributed by atoms with van der Waals surface area (Å²) in [5.74, 6) is -1.02. The topological polar surface area (TPSA) is 174 Å². The lowest BCUT2D eigenvalue weighted by Gasteiger charge is -2.27. The van der Waals surface area contributed by atoms with E-state index in [0.717, 1.165) is 58.4 Å². The van der Waals surface area contributed by atoms with E-state index in [-0.39, 0.29) is 50.7 Å². The van der Waals surface area contributed by atoms with Crippen LogP contribution in [0.4, 0.5) is 0 Å². The fourth-order valence-corrected chi connectivity index (χ4v) is 9.81. The lowest BCUT2D eigenvalue weighted by atomic mass is 9.76. The highest BCUT2D eigenvalue weighted by Crippen LogP contribution is 2.48. The van der Waals surface area contributed by atoms with Crippen molar-refractivity contribution in [3.8, 4) is 56.8 Å². The van der Waals surface area contributed by atoms with Crippen LogP contribution in [0.2, 0.25) is 0 Å². The number of carbonyl (C=O) groups is 2. The molecule has 75 heavy (non-hydrogen) atoms. The fourth-order valence-electron chi connectivity index (χ4n) is 9.81. The van der Waals surface area contributed by atoms with Gasteiger partial charge in [0.2, 0.25) is 0 Å². The molecule has 0 aliphatic heterocycles. The van der Waals surface area contributed by atoms with Crippen molar-refractivity contribution in [1.82, 2.24) is 0 Å². The first-order valence-electron chi connectivity index (χ1n) is 24.9. The van der Waals surface area contributed by atoms with Crippen LogP contribution in [0, 0.1) is 0 Å². The smallest absolute Gasteiger partial charge is 0.341 e. The van der Waals surface area contributed by atoms with Crippen molar-refractivity contribution in [1.29, 1.82) is 0 Å². The second-order valence-corrected chi connectivity index (χ2v) is 18.9. The van der Waals surface area contributed by atoms with Gasteiger partial charge in [-0.25, -0.2) is 9.59 Å². The van der Waals surface area contributed by atoms with Gasteiger partial charge in [-0.1, -0.05) is 174 Å². The molecule has 0 saturated heterocycles. The van der Waals surface area contributed by atoms with E-state index in [4.69, 9.17) is 9.47 Å². The molecule has 0 aliphatic carbocycles. The standard InChI is InChI=1S/C24H18O6.C21H28O2.C20H14O2/c1-29-23(27)17-11-13-7-3-5-9-15(13)19(21(17)25)20-16-10-6-4-8-14(16)12-18(22(20)26)24(28)30-2;1-5-7-15-13-17(9-11-19(15)22)21(3,4)18-10-12-20(23)16(14-18)8-6-2;21-17-11-9-13-5-1-3-7-15(13)19(17)20-16-8-4-2-6-14(16)10-12-18(20)22/h3-12,25-26H,1-2H3;9-14,22-23H,5-8H2,1-4H3;1-12,21-22H. The molecule has 0 fully saturated rings. The van der Waals surface area contributed by atoms with E-state index in [1.54, 1.807) is 72.8 Å². The lowest BCUT2D eigenvalue weighted by molar-refractivity contribution is 0.0588. The minimum atomic E-state index is -0.715. The first-order chi connectivity index (χ1) is 36.1. The number of esters is 2. The van der Waals surface area contributed by atoms with Crippen molar-refractivity contribution < 1.29 is 49.7 Å². The molecule has 0 aliphatic rings. The molecule has 0 heterocycles. The minimum Gasteiger partial charge on any atom is -0.508 e. The normalized spacial score (nSPS) is 11.2. The van der Waals surface area contributed by atoms with Gasteiger partial charge in [0.15, 0.2) is 0 Å². The summed E-state index contributed by atoms with van der Waals surface area (Å²) >= 11 is 0. The maximum Gasteiger partial charge on any atom is 0.341 e. The quantitative estimate of drug-likeness (QED) is 0.0724. The van der Waals surface area contributed by atoms with Gasteiger partial charge in [-0.05, 0) is 115 Å². The number of hydrogen-bond acceptors (Lipinski definition) is 10. The molecule has 6 N–H and O–H groups in total. The number of methoxy groups -OCH3 is 2. The molecule has 10 rings (SSSR count). The highest BCUT2D eigenvalue weighted by atomic mass is 16.5. The van der Waals surface area contributed by atoms with Crippen molar-refractivity contribution >= 4 is 55.0 Å². The molecule has 10 nitrogen and oxygen atoms in total. The predicted molar refractivity (Wildman–Crippen MR) is 299 cm³/mol. The third-order valence-electron chi connectivity index (χ3n) is 13.8. The number of benzene rings is 10. The third-order valence-corrected chi connectivity index (χ3v) is 13.8. The first kappa shape index (κ1) is 52.3. The van der Waals surface area contributed by atoms with E-state index in [1.165, 1.54) is 37.5 Å². The number of fused-ring (bicyclic) bond motifs is 4. The largest absolute Gasteiger partial charge is 0.508 e.